The topological polar surface area (TPSA) is 65.8 Å². The minimum Gasteiger partial charge on any atom is -0.338 e. The highest BCUT2D eigenvalue weighted by molar-refractivity contribution is 7.13. The lowest BCUT2D eigenvalue weighted by atomic mass is 10.2. The van der Waals surface area contributed by atoms with Gasteiger partial charge in [0, 0.05) is 0 Å². The minimum absolute atomic E-state index is 0.0430. The number of thiazole rings is 1. The second-order valence-electron chi connectivity index (χ2n) is 3.10. The predicted octanol–water partition coefficient (Wildman–Crippen LogP) is 1.66. The fourth-order valence-corrected chi connectivity index (χ4v) is 2.14. The Morgan fingerprint density at radius 3 is 3.00 bits per heavy atom. The number of amides is 1. The Morgan fingerprint density at radius 1 is 1.67 bits per heavy atom. The third kappa shape index (κ3) is 3.03. The summed E-state index contributed by atoms with van der Waals surface area (Å²) in [6.45, 7) is 3.97. The molecular weight excluding hydrogens is 210 g/mol. The first-order valence-electron chi connectivity index (χ1n) is 4.80. The van der Waals surface area contributed by atoms with E-state index in [-0.39, 0.29) is 12.5 Å². The Labute approximate surface area is 92.9 Å². The Kier molecular flexibility index (Phi) is 4.25. The Bertz CT molecular complexity index is 392. The van der Waals surface area contributed by atoms with E-state index < -0.39 is 0 Å². The molecule has 1 aromatic rings. The maximum absolute atomic E-state index is 11.6. The molecule has 15 heavy (non-hydrogen) atoms. The van der Waals surface area contributed by atoms with Gasteiger partial charge in [-0.2, -0.15) is 5.26 Å². The average molecular weight is 223 g/mol. The summed E-state index contributed by atoms with van der Waals surface area (Å²) in [6, 6.07) is 1.88. The molecule has 1 heterocycles. The van der Waals surface area contributed by atoms with Crippen molar-refractivity contribution in [2.75, 3.05) is 6.54 Å². The lowest BCUT2D eigenvalue weighted by Crippen LogP contribution is -2.23. The molecule has 1 amide bonds. The monoisotopic (exact) mass is 223 g/mol. The van der Waals surface area contributed by atoms with Gasteiger partial charge in [0.1, 0.15) is 11.4 Å². The second kappa shape index (κ2) is 5.47. The van der Waals surface area contributed by atoms with E-state index in [1.807, 2.05) is 19.9 Å². The van der Waals surface area contributed by atoms with Crippen molar-refractivity contribution in [2.45, 2.75) is 26.7 Å². The lowest BCUT2D eigenvalue weighted by molar-refractivity contribution is 0.0961. The number of carbonyl (C=O) groups excluding carboxylic acids is 1. The number of aryl methyl sites for hydroxylation is 2. The molecule has 0 saturated heterocycles. The number of carbonyl (C=O) groups is 1. The van der Waals surface area contributed by atoms with Crippen LogP contribution in [0, 0.1) is 18.3 Å². The van der Waals surface area contributed by atoms with Crippen LogP contribution in [0.3, 0.4) is 0 Å². The SMILES string of the molecule is CCCc1nc(C)sc1C(=O)NCC#N. The Morgan fingerprint density at radius 2 is 2.40 bits per heavy atom. The van der Waals surface area contributed by atoms with Crippen LogP contribution in [0.1, 0.15) is 33.7 Å². The van der Waals surface area contributed by atoms with Crippen molar-refractivity contribution >= 4 is 17.2 Å². The molecule has 0 unspecified atom stereocenters. The lowest BCUT2D eigenvalue weighted by Gasteiger charge is -1.99. The molecule has 5 heteroatoms. The van der Waals surface area contributed by atoms with Crippen molar-refractivity contribution in [3.05, 3.63) is 15.6 Å². The standard InChI is InChI=1S/C10H13N3OS/c1-3-4-8-9(15-7(2)13-8)10(14)12-6-5-11/h3-4,6H2,1-2H3,(H,12,14). The first-order valence-corrected chi connectivity index (χ1v) is 5.62. The fourth-order valence-electron chi connectivity index (χ4n) is 1.25. The third-order valence-corrected chi connectivity index (χ3v) is 2.84. The normalized spacial score (nSPS) is 9.67. The number of nitrogens with zero attached hydrogens (tertiary/aromatic N) is 2. The van der Waals surface area contributed by atoms with Crippen LogP contribution >= 0.6 is 11.3 Å². The summed E-state index contributed by atoms with van der Waals surface area (Å²) in [6.07, 6.45) is 1.77. The summed E-state index contributed by atoms with van der Waals surface area (Å²) in [5, 5.41) is 11.8. The van der Waals surface area contributed by atoms with E-state index >= 15 is 0 Å². The van der Waals surface area contributed by atoms with Crippen LogP contribution in [0.5, 0.6) is 0 Å². The van der Waals surface area contributed by atoms with Gasteiger partial charge in [0.25, 0.3) is 5.91 Å². The van der Waals surface area contributed by atoms with Gasteiger partial charge in [0.15, 0.2) is 0 Å². The number of aromatic nitrogens is 1. The molecule has 0 aliphatic heterocycles. The summed E-state index contributed by atoms with van der Waals surface area (Å²) in [7, 11) is 0. The van der Waals surface area contributed by atoms with Gasteiger partial charge in [-0.25, -0.2) is 4.98 Å². The number of hydrogen-bond donors (Lipinski definition) is 1. The zero-order chi connectivity index (χ0) is 11.3. The van der Waals surface area contributed by atoms with Crippen LogP contribution in [-0.4, -0.2) is 17.4 Å². The van der Waals surface area contributed by atoms with E-state index in [1.165, 1.54) is 11.3 Å². The van der Waals surface area contributed by atoms with Crippen LogP contribution in [0.2, 0.25) is 0 Å². The third-order valence-electron chi connectivity index (χ3n) is 1.83. The van der Waals surface area contributed by atoms with Crippen LogP contribution in [0.15, 0.2) is 0 Å². The van der Waals surface area contributed by atoms with Crippen molar-refractivity contribution in [3.8, 4) is 6.07 Å². The van der Waals surface area contributed by atoms with Gasteiger partial charge >= 0.3 is 0 Å². The molecule has 1 aromatic heterocycles. The predicted molar refractivity (Wildman–Crippen MR) is 58.8 cm³/mol. The van der Waals surface area contributed by atoms with Gasteiger partial charge in [0.05, 0.1) is 16.8 Å². The van der Waals surface area contributed by atoms with Crippen LogP contribution in [-0.2, 0) is 6.42 Å². The summed E-state index contributed by atoms with van der Waals surface area (Å²) in [4.78, 5) is 16.6. The maximum atomic E-state index is 11.6. The van der Waals surface area contributed by atoms with Crippen molar-refractivity contribution in [3.63, 3.8) is 0 Å². The zero-order valence-corrected chi connectivity index (χ0v) is 9.65. The molecule has 1 N–H and O–H groups in total. The summed E-state index contributed by atoms with van der Waals surface area (Å²) >= 11 is 1.38. The zero-order valence-electron chi connectivity index (χ0n) is 8.83. The van der Waals surface area contributed by atoms with E-state index in [2.05, 4.69) is 10.3 Å². The molecule has 0 aromatic carbocycles. The molecule has 4 nitrogen and oxygen atoms in total. The largest absolute Gasteiger partial charge is 0.338 e. The van der Waals surface area contributed by atoms with E-state index in [9.17, 15) is 4.79 Å². The molecule has 0 aliphatic rings. The van der Waals surface area contributed by atoms with Crippen molar-refractivity contribution < 1.29 is 4.79 Å². The molecule has 0 saturated carbocycles. The number of nitriles is 1. The van der Waals surface area contributed by atoms with Gasteiger partial charge in [-0.1, -0.05) is 13.3 Å². The van der Waals surface area contributed by atoms with E-state index in [0.717, 1.165) is 23.5 Å². The van der Waals surface area contributed by atoms with Crippen molar-refractivity contribution in [2.24, 2.45) is 0 Å². The quantitative estimate of drug-likeness (QED) is 0.789. The first-order chi connectivity index (χ1) is 7.19. The Balaban J connectivity index is 2.82. The summed E-state index contributed by atoms with van der Waals surface area (Å²) in [5.74, 6) is -0.189. The smallest absolute Gasteiger partial charge is 0.264 e. The molecule has 1 rings (SSSR count). The van der Waals surface area contributed by atoms with E-state index in [0.29, 0.717) is 4.88 Å². The highest BCUT2D eigenvalue weighted by atomic mass is 32.1. The molecule has 80 valence electrons. The number of rotatable bonds is 4. The van der Waals surface area contributed by atoms with E-state index in [1.54, 1.807) is 0 Å². The highest BCUT2D eigenvalue weighted by Gasteiger charge is 2.15. The van der Waals surface area contributed by atoms with Gasteiger partial charge in [-0.05, 0) is 13.3 Å². The molecule has 0 atom stereocenters. The fraction of sp³-hybridized carbons (Fsp3) is 0.500. The van der Waals surface area contributed by atoms with Crippen LogP contribution in [0.25, 0.3) is 0 Å². The van der Waals surface area contributed by atoms with Gasteiger partial charge < -0.3 is 5.32 Å². The van der Waals surface area contributed by atoms with Crippen molar-refractivity contribution in [1.29, 1.82) is 5.26 Å². The average Bonchev–Trinajstić information content (AvgIpc) is 2.57. The molecule has 0 spiro atoms. The van der Waals surface area contributed by atoms with Crippen LogP contribution in [0.4, 0.5) is 0 Å². The van der Waals surface area contributed by atoms with E-state index in [4.69, 9.17) is 5.26 Å². The minimum atomic E-state index is -0.189. The van der Waals surface area contributed by atoms with Gasteiger partial charge in [-0.15, -0.1) is 11.3 Å². The maximum Gasteiger partial charge on any atom is 0.264 e. The first kappa shape index (κ1) is 11.7. The molecule has 0 bridgehead atoms. The molecule has 0 aliphatic carbocycles. The summed E-state index contributed by atoms with van der Waals surface area (Å²) < 4.78 is 0. The van der Waals surface area contributed by atoms with Gasteiger partial charge in [-0.3, -0.25) is 4.79 Å². The van der Waals surface area contributed by atoms with Crippen molar-refractivity contribution in [1.82, 2.24) is 10.3 Å². The number of hydrogen-bond acceptors (Lipinski definition) is 4. The Hall–Kier alpha value is -1.41. The second-order valence-corrected chi connectivity index (χ2v) is 4.30. The molecule has 0 fully saturated rings. The summed E-state index contributed by atoms with van der Waals surface area (Å²) in [5.41, 5.74) is 0.843. The molecule has 0 radical (unpaired) electrons. The van der Waals surface area contributed by atoms with Gasteiger partial charge in [0.2, 0.25) is 0 Å². The van der Waals surface area contributed by atoms with Crippen LogP contribution < -0.4 is 5.32 Å². The number of nitrogens with one attached hydrogen (secondary N) is 1. The highest BCUT2D eigenvalue weighted by Crippen LogP contribution is 2.19. The molecular formula is C10H13N3OS.